The number of fused-ring (bicyclic) bond motifs is 1. The number of para-hydroxylation sites is 1. The molecule has 0 amide bonds. The summed E-state index contributed by atoms with van der Waals surface area (Å²) in [5.74, 6) is 0.952. The van der Waals surface area contributed by atoms with Crippen molar-refractivity contribution in [1.29, 1.82) is 0 Å². The number of nitrogens with two attached hydrogens (primary N) is 1. The zero-order chi connectivity index (χ0) is 12.6. The van der Waals surface area contributed by atoms with E-state index < -0.39 is 10.8 Å². The van der Waals surface area contributed by atoms with Crippen molar-refractivity contribution in [3.63, 3.8) is 0 Å². The van der Waals surface area contributed by atoms with Gasteiger partial charge in [0.1, 0.15) is 5.52 Å². The van der Waals surface area contributed by atoms with Gasteiger partial charge in [-0.1, -0.05) is 17.7 Å². The smallest absolute Gasteiger partial charge is 0.201 e. The molecule has 2 atom stereocenters. The van der Waals surface area contributed by atoms with Crippen LogP contribution in [0, 0.1) is 0 Å². The Balaban J connectivity index is 2.57. The summed E-state index contributed by atoms with van der Waals surface area (Å²) in [5, 5.41) is 0.581. The summed E-state index contributed by atoms with van der Waals surface area (Å²) in [5.41, 5.74) is 7.47. The summed E-state index contributed by atoms with van der Waals surface area (Å²) < 4.78 is 13.2. The van der Waals surface area contributed by atoms with E-state index in [9.17, 15) is 4.21 Å². The van der Waals surface area contributed by atoms with E-state index in [1.165, 1.54) is 0 Å². The van der Waals surface area contributed by atoms with Gasteiger partial charge in [-0.15, -0.1) is 0 Å². The molecule has 4 nitrogen and oxygen atoms in total. The number of nitrogens with zero attached hydrogens (tertiary/aromatic N) is 2. The normalized spacial score (nSPS) is 15.0. The first-order chi connectivity index (χ1) is 8.00. The van der Waals surface area contributed by atoms with E-state index in [-0.39, 0.29) is 6.04 Å². The highest BCUT2D eigenvalue weighted by molar-refractivity contribution is 7.84. The Kier molecular flexibility index (Phi) is 3.40. The topological polar surface area (TPSA) is 60.9 Å². The molecule has 2 aromatic rings. The predicted molar refractivity (Wildman–Crippen MR) is 72.8 cm³/mol. The second-order valence-corrected chi connectivity index (χ2v) is 5.92. The van der Waals surface area contributed by atoms with E-state index in [2.05, 4.69) is 4.98 Å². The molecular formula is C11H14ClN3OS. The van der Waals surface area contributed by atoms with E-state index in [1.54, 1.807) is 12.3 Å². The van der Waals surface area contributed by atoms with Crippen LogP contribution in [0.1, 0.15) is 13.0 Å². The number of halogens is 1. The number of rotatable bonds is 3. The van der Waals surface area contributed by atoms with Crippen molar-refractivity contribution in [2.24, 2.45) is 0 Å². The van der Waals surface area contributed by atoms with Gasteiger partial charge in [0.25, 0.3) is 0 Å². The molecular weight excluding hydrogens is 258 g/mol. The lowest BCUT2D eigenvalue weighted by molar-refractivity contribution is 0.619. The molecule has 92 valence electrons. The third kappa shape index (κ3) is 2.30. The Morgan fingerprint density at radius 2 is 2.29 bits per heavy atom. The molecule has 2 rings (SSSR count). The van der Waals surface area contributed by atoms with Crippen LogP contribution in [-0.4, -0.2) is 25.8 Å². The van der Waals surface area contributed by atoms with Gasteiger partial charge in [0.2, 0.25) is 5.95 Å². The van der Waals surface area contributed by atoms with E-state index in [4.69, 9.17) is 17.3 Å². The average Bonchev–Trinajstić information content (AvgIpc) is 2.55. The highest BCUT2D eigenvalue weighted by Crippen LogP contribution is 2.27. The maximum Gasteiger partial charge on any atom is 0.201 e. The average molecular weight is 272 g/mol. The summed E-state index contributed by atoms with van der Waals surface area (Å²) >= 11 is 6.06. The van der Waals surface area contributed by atoms with Crippen LogP contribution in [0.15, 0.2) is 18.2 Å². The third-order valence-corrected chi connectivity index (χ3v) is 3.87. The molecule has 0 fully saturated rings. The van der Waals surface area contributed by atoms with Gasteiger partial charge in [0.05, 0.1) is 10.5 Å². The molecule has 0 aliphatic rings. The zero-order valence-corrected chi connectivity index (χ0v) is 11.3. The van der Waals surface area contributed by atoms with Crippen molar-refractivity contribution in [3.05, 3.63) is 23.2 Å². The Hall–Kier alpha value is -1.07. The molecule has 0 saturated carbocycles. The minimum atomic E-state index is -0.874. The fraction of sp³-hybridized carbons (Fsp3) is 0.364. The van der Waals surface area contributed by atoms with E-state index >= 15 is 0 Å². The van der Waals surface area contributed by atoms with E-state index in [1.807, 2.05) is 23.6 Å². The molecule has 0 aliphatic carbocycles. The SMILES string of the molecule is CC(CS(C)=O)n1c(N)nc2c(Cl)cccc21. The number of benzene rings is 1. The second kappa shape index (κ2) is 4.66. The maximum atomic E-state index is 11.3. The summed E-state index contributed by atoms with van der Waals surface area (Å²) in [6.45, 7) is 1.97. The van der Waals surface area contributed by atoms with Gasteiger partial charge < -0.3 is 10.3 Å². The van der Waals surface area contributed by atoms with Crippen molar-refractivity contribution in [3.8, 4) is 0 Å². The number of anilines is 1. The van der Waals surface area contributed by atoms with Crippen LogP contribution in [0.4, 0.5) is 5.95 Å². The van der Waals surface area contributed by atoms with Crippen molar-refractivity contribution < 1.29 is 4.21 Å². The molecule has 0 aliphatic heterocycles. The predicted octanol–water partition coefficient (Wildman–Crippen LogP) is 2.21. The van der Waals surface area contributed by atoms with Gasteiger partial charge in [-0.25, -0.2) is 4.98 Å². The quantitative estimate of drug-likeness (QED) is 0.931. The fourth-order valence-corrected chi connectivity index (χ4v) is 3.02. The van der Waals surface area contributed by atoms with Crippen LogP contribution in [0.25, 0.3) is 11.0 Å². The van der Waals surface area contributed by atoms with E-state index in [0.717, 1.165) is 5.52 Å². The Morgan fingerprint density at radius 1 is 1.59 bits per heavy atom. The van der Waals surface area contributed by atoms with Gasteiger partial charge in [0, 0.05) is 28.9 Å². The molecule has 2 unspecified atom stereocenters. The zero-order valence-electron chi connectivity index (χ0n) is 9.68. The molecule has 1 heterocycles. The Bertz CT molecular complexity index is 581. The standard InChI is InChI=1S/C11H14ClN3OS/c1-7(6-17(2)16)15-9-5-3-4-8(12)10(9)14-11(15)13/h3-5,7H,6H2,1-2H3,(H2,13,14). The summed E-state index contributed by atoms with van der Waals surface area (Å²) in [6.07, 6.45) is 1.68. The lowest BCUT2D eigenvalue weighted by Crippen LogP contribution is -2.14. The summed E-state index contributed by atoms with van der Waals surface area (Å²) in [7, 11) is -0.874. The van der Waals surface area contributed by atoms with Crippen LogP contribution in [0.3, 0.4) is 0 Å². The number of aromatic nitrogens is 2. The summed E-state index contributed by atoms with van der Waals surface area (Å²) in [6, 6.07) is 5.59. The number of hydrogen-bond acceptors (Lipinski definition) is 3. The second-order valence-electron chi connectivity index (χ2n) is 4.04. The van der Waals surface area contributed by atoms with Crippen molar-refractivity contribution >= 4 is 39.4 Å². The van der Waals surface area contributed by atoms with Crippen LogP contribution in [-0.2, 0) is 10.8 Å². The number of nitrogen functional groups attached to an aromatic ring is 1. The minimum absolute atomic E-state index is 0.0318. The van der Waals surface area contributed by atoms with Crippen molar-refractivity contribution in [2.75, 3.05) is 17.7 Å². The molecule has 0 radical (unpaired) electrons. The minimum Gasteiger partial charge on any atom is -0.369 e. The van der Waals surface area contributed by atoms with Crippen LogP contribution in [0.5, 0.6) is 0 Å². The van der Waals surface area contributed by atoms with E-state index in [0.29, 0.717) is 22.2 Å². The van der Waals surface area contributed by atoms with Gasteiger partial charge in [-0.2, -0.15) is 0 Å². The first-order valence-electron chi connectivity index (χ1n) is 5.22. The molecule has 0 saturated heterocycles. The number of imidazole rings is 1. The highest BCUT2D eigenvalue weighted by Gasteiger charge is 2.16. The van der Waals surface area contributed by atoms with Gasteiger partial charge in [-0.3, -0.25) is 4.21 Å². The molecule has 1 aromatic heterocycles. The van der Waals surface area contributed by atoms with Crippen molar-refractivity contribution in [1.82, 2.24) is 9.55 Å². The maximum absolute atomic E-state index is 11.3. The lowest BCUT2D eigenvalue weighted by Gasteiger charge is -2.14. The fourth-order valence-electron chi connectivity index (χ4n) is 1.98. The third-order valence-electron chi connectivity index (χ3n) is 2.61. The highest BCUT2D eigenvalue weighted by atomic mass is 35.5. The molecule has 2 N–H and O–H groups in total. The first kappa shape index (κ1) is 12.4. The van der Waals surface area contributed by atoms with Gasteiger partial charge in [-0.05, 0) is 19.1 Å². The van der Waals surface area contributed by atoms with Crippen molar-refractivity contribution in [2.45, 2.75) is 13.0 Å². The molecule has 0 spiro atoms. The largest absolute Gasteiger partial charge is 0.369 e. The summed E-state index contributed by atoms with van der Waals surface area (Å²) in [4.78, 5) is 4.25. The number of hydrogen-bond donors (Lipinski definition) is 1. The van der Waals surface area contributed by atoms with Crippen LogP contribution >= 0.6 is 11.6 Å². The molecule has 6 heteroatoms. The molecule has 0 bridgehead atoms. The van der Waals surface area contributed by atoms with Gasteiger partial charge in [0.15, 0.2) is 0 Å². The van der Waals surface area contributed by atoms with Crippen LogP contribution in [0.2, 0.25) is 5.02 Å². The Morgan fingerprint density at radius 3 is 2.94 bits per heavy atom. The Labute approximate surface area is 107 Å². The lowest BCUT2D eigenvalue weighted by atomic mass is 10.3. The molecule has 1 aromatic carbocycles. The van der Waals surface area contributed by atoms with Crippen LogP contribution < -0.4 is 5.73 Å². The first-order valence-corrected chi connectivity index (χ1v) is 7.33. The monoisotopic (exact) mass is 271 g/mol. The van der Waals surface area contributed by atoms with Gasteiger partial charge >= 0.3 is 0 Å². The molecule has 17 heavy (non-hydrogen) atoms.